The zero-order valence-corrected chi connectivity index (χ0v) is 14.1. The van der Waals surface area contributed by atoms with Gasteiger partial charge in [0.1, 0.15) is 0 Å². The molecule has 2 fully saturated rings. The molecule has 118 valence electrons. The average Bonchev–Trinajstić information content (AvgIpc) is 2.98. The van der Waals surface area contributed by atoms with Crippen LogP contribution in [0.15, 0.2) is 59.1 Å². The van der Waals surface area contributed by atoms with Crippen LogP contribution in [0, 0.1) is 5.92 Å². The van der Waals surface area contributed by atoms with Crippen molar-refractivity contribution in [3.05, 3.63) is 70.2 Å². The summed E-state index contributed by atoms with van der Waals surface area (Å²) >= 11 is 3.54. The number of amides is 1. The number of carbonyl (C=O) groups excluding carboxylic acids is 1. The normalized spacial score (nSPS) is 29.9. The molecule has 2 aliphatic rings. The molecule has 4 nitrogen and oxygen atoms in total. The van der Waals surface area contributed by atoms with E-state index in [1.54, 1.807) is 0 Å². The molecule has 0 aromatic heterocycles. The lowest BCUT2D eigenvalue weighted by Gasteiger charge is -2.36. The maximum Gasteiger partial charge on any atom is 0.221 e. The molecule has 4 atom stereocenters. The van der Waals surface area contributed by atoms with Gasteiger partial charge in [0.05, 0.1) is 12.2 Å². The van der Waals surface area contributed by atoms with Gasteiger partial charge in [-0.2, -0.15) is 0 Å². The SMILES string of the molecule is O=C1CC(c2cccc(Br)c2)C2C(NNC2c2ccccc2)N1. The van der Waals surface area contributed by atoms with E-state index in [-0.39, 0.29) is 30.0 Å². The monoisotopic (exact) mass is 371 g/mol. The fourth-order valence-corrected chi connectivity index (χ4v) is 4.19. The summed E-state index contributed by atoms with van der Waals surface area (Å²) in [6.07, 6.45) is 0.468. The average molecular weight is 372 g/mol. The van der Waals surface area contributed by atoms with Crippen molar-refractivity contribution in [1.82, 2.24) is 16.2 Å². The molecule has 0 radical (unpaired) electrons. The van der Waals surface area contributed by atoms with Crippen LogP contribution in [-0.2, 0) is 4.79 Å². The van der Waals surface area contributed by atoms with E-state index in [1.165, 1.54) is 11.1 Å². The second-order valence-electron chi connectivity index (χ2n) is 6.17. The molecular weight excluding hydrogens is 354 g/mol. The van der Waals surface area contributed by atoms with E-state index in [2.05, 4.69) is 68.5 Å². The second-order valence-corrected chi connectivity index (χ2v) is 7.08. The Kier molecular flexibility index (Phi) is 3.93. The molecule has 0 saturated carbocycles. The van der Waals surface area contributed by atoms with Crippen LogP contribution in [0.1, 0.15) is 29.5 Å². The quantitative estimate of drug-likeness (QED) is 0.760. The van der Waals surface area contributed by atoms with E-state index in [0.717, 1.165) is 4.47 Å². The summed E-state index contributed by atoms with van der Waals surface area (Å²) in [4.78, 5) is 12.1. The number of hydrogen-bond acceptors (Lipinski definition) is 3. The van der Waals surface area contributed by atoms with Crippen molar-refractivity contribution < 1.29 is 4.79 Å². The molecule has 0 spiro atoms. The highest BCUT2D eigenvalue weighted by Crippen LogP contribution is 2.43. The number of halogens is 1. The van der Waals surface area contributed by atoms with Gasteiger partial charge in [-0.25, -0.2) is 10.9 Å². The van der Waals surface area contributed by atoms with Gasteiger partial charge in [-0.15, -0.1) is 0 Å². The summed E-state index contributed by atoms with van der Waals surface area (Å²) < 4.78 is 1.05. The van der Waals surface area contributed by atoms with Crippen LogP contribution >= 0.6 is 15.9 Å². The predicted molar refractivity (Wildman–Crippen MR) is 92.4 cm³/mol. The first-order valence-electron chi connectivity index (χ1n) is 7.83. The van der Waals surface area contributed by atoms with Gasteiger partial charge in [0.25, 0.3) is 0 Å². The van der Waals surface area contributed by atoms with E-state index in [9.17, 15) is 4.79 Å². The van der Waals surface area contributed by atoms with Crippen molar-refractivity contribution in [2.75, 3.05) is 0 Å². The van der Waals surface area contributed by atoms with Gasteiger partial charge in [0.2, 0.25) is 5.91 Å². The van der Waals surface area contributed by atoms with Gasteiger partial charge in [0, 0.05) is 22.7 Å². The minimum absolute atomic E-state index is 0.0505. The number of hydrogen-bond donors (Lipinski definition) is 3. The minimum Gasteiger partial charge on any atom is -0.339 e. The van der Waals surface area contributed by atoms with E-state index >= 15 is 0 Å². The van der Waals surface area contributed by atoms with Gasteiger partial charge in [0.15, 0.2) is 0 Å². The molecule has 0 aliphatic carbocycles. The molecule has 2 aromatic rings. The number of nitrogens with one attached hydrogen (secondary N) is 3. The van der Waals surface area contributed by atoms with Crippen LogP contribution in [0.2, 0.25) is 0 Å². The Labute approximate surface area is 143 Å². The Morgan fingerprint density at radius 3 is 2.52 bits per heavy atom. The Hall–Kier alpha value is -1.69. The standard InChI is InChI=1S/C18H18BrN3O/c19-13-8-4-7-12(9-13)14-10-15(23)20-18-16(14)17(21-22-18)11-5-2-1-3-6-11/h1-9,14,16-18,21-22H,10H2,(H,20,23). The molecule has 3 N–H and O–H groups in total. The zero-order chi connectivity index (χ0) is 15.8. The topological polar surface area (TPSA) is 53.2 Å². The Balaban J connectivity index is 1.73. The molecule has 4 unspecified atom stereocenters. The van der Waals surface area contributed by atoms with Gasteiger partial charge >= 0.3 is 0 Å². The maximum absolute atomic E-state index is 12.1. The van der Waals surface area contributed by atoms with Gasteiger partial charge in [-0.1, -0.05) is 58.4 Å². The largest absolute Gasteiger partial charge is 0.339 e. The first kappa shape index (κ1) is 14.9. The lowest BCUT2D eigenvalue weighted by Crippen LogP contribution is -2.52. The molecule has 5 heteroatoms. The fraction of sp³-hybridized carbons (Fsp3) is 0.278. The highest BCUT2D eigenvalue weighted by atomic mass is 79.9. The van der Waals surface area contributed by atoms with Crippen LogP contribution in [0.5, 0.6) is 0 Å². The fourth-order valence-electron chi connectivity index (χ4n) is 3.77. The first-order chi connectivity index (χ1) is 11.2. The van der Waals surface area contributed by atoms with Crippen molar-refractivity contribution in [3.8, 4) is 0 Å². The van der Waals surface area contributed by atoms with Gasteiger partial charge < -0.3 is 5.32 Å². The molecular formula is C18H18BrN3O. The lowest BCUT2D eigenvalue weighted by atomic mass is 9.74. The van der Waals surface area contributed by atoms with E-state index in [0.29, 0.717) is 6.42 Å². The first-order valence-corrected chi connectivity index (χ1v) is 8.62. The Morgan fingerprint density at radius 1 is 0.957 bits per heavy atom. The van der Waals surface area contributed by atoms with Gasteiger partial charge in [-0.3, -0.25) is 4.79 Å². The summed E-state index contributed by atoms with van der Waals surface area (Å²) in [6.45, 7) is 0. The molecule has 2 aromatic carbocycles. The van der Waals surface area contributed by atoms with Crippen molar-refractivity contribution >= 4 is 21.8 Å². The summed E-state index contributed by atoms with van der Waals surface area (Å²) in [5.74, 6) is 0.544. The molecule has 2 heterocycles. The molecule has 1 amide bonds. The third-order valence-electron chi connectivity index (χ3n) is 4.79. The van der Waals surface area contributed by atoms with Crippen molar-refractivity contribution in [1.29, 1.82) is 0 Å². The highest BCUT2D eigenvalue weighted by Gasteiger charge is 2.46. The number of rotatable bonds is 2. The van der Waals surface area contributed by atoms with Crippen LogP contribution in [0.4, 0.5) is 0 Å². The van der Waals surface area contributed by atoms with E-state index in [1.807, 2.05) is 18.2 Å². The van der Waals surface area contributed by atoms with Crippen molar-refractivity contribution in [3.63, 3.8) is 0 Å². The predicted octanol–water partition coefficient (Wildman–Crippen LogP) is 2.84. The summed E-state index contributed by atoms with van der Waals surface area (Å²) in [5.41, 5.74) is 9.08. The molecule has 2 saturated heterocycles. The molecule has 2 aliphatic heterocycles. The van der Waals surface area contributed by atoms with Crippen molar-refractivity contribution in [2.45, 2.75) is 24.5 Å². The number of fused-ring (bicyclic) bond motifs is 1. The number of piperidine rings is 1. The van der Waals surface area contributed by atoms with E-state index in [4.69, 9.17) is 0 Å². The third kappa shape index (κ3) is 2.80. The zero-order valence-electron chi connectivity index (χ0n) is 12.5. The minimum atomic E-state index is -0.0505. The smallest absolute Gasteiger partial charge is 0.221 e. The van der Waals surface area contributed by atoms with Crippen molar-refractivity contribution in [2.24, 2.45) is 5.92 Å². The molecule has 0 bridgehead atoms. The third-order valence-corrected chi connectivity index (χ3v) is 5.28. The Morgan fingerprint density at radius 2 is 1.74 bits per heavy atom. The number of benzene rings is 2. The second kappa shape index (κ2) is 6.07. The van der Waals surface area contributed by atoms with Crippen LogP contribution in [0.3, 0.4) is 0 Å². The summed E-state index contributed by atoms with van der Waals surface area (Å²) in [5, 5.41) is 3.07. The van der Waals surface area contributed by atoms with Gasteiger partial charge in [-0.05, 0) is 23.3 Å². The number of hydrazine groups is 1. The van der Waals surface area contributed by atoms with E-state index < -0.39 is 0 Å². The maximum atomic E-state index is 12.1. The van der Waals surface area contributed by atoms with Crippen LogP contribution in [0.25, 0.3) is 0 Å². The van der Waals surface area contributed by atoms with Crippen LogP contribution < -0.4 is 16.2 Å². The molecule has 4 rings (SSSR count). The number of carbonyl (C=O) groups is 1. The molecule has 23 heavy (non-hydrogen) atoms. The lowest BCUT2D eigenvalue weighted by molar-refractivity contribution is -0.125. The summed E-state index contributed by atoms with van der Waals surface area (Å²) in [7, 11) is 0. The highest BCUT2D eigenvalue weighted by molar-refractivity contribution is 9.10. The summed E-state index contributed by atoms with van der Waals surface area (Å²) in [6, 6.07) is 18.9. The Bertz CT molecular complexity index is 721. The van der Waals surface area contributed by atoms with Crippen LogP contribution in [-0.4, -0.2) is 12.1 Å².